The van der Waals surface area contributed by atoms with Gasteiger partial charge in [-0.3, -0.25) is 9.59 Å². The highest BCUT2D eigenvalue weighted by atomic mass is 79.9. The number of rotatable bonds is 5. The van der Waals surface area contributed by atoms with Gasteiger partial charge >= 0.3 is 5.97 Å². The molecule has 0 radical (unpaired) electrons. The number of amides is 2. The van der Waals surface area contributed by atoms with Crippen LogP contribution in [0.1, 0.15) is 29.6 Å². The molecule has 0 aliphatic carbocycles. The van der Waals surface area contributed by atoms with Gasteiger partial charge in [-0.2, -0.15) is 0 Å². The van der Waals surface area contributed by atoms with Crippen LogP contribution in [0, 0.1) is 5.82 Å². The molecule has 0 spiro atoms. The summed E-state index contributed by atoms with van der Waals surface area (Å²) >= 11 is 3.16. The number of likely N-dealkylation sites (tertiary alicyclic amines) is 1. The molecule has 0 aromatic heterocycles. The molecule has 1 saturated heterocycles. The molecule has 1 fully saturated rings. The Morgan fingerprint density at radius 3 is 2.83 bits per heavy atom. The SMILES string of the molecule is O=C(NCCC(=O)N1CCCC1C(=O)O)c1cc(F)ccc1Br. The van der Waals surface area contributed by atoms with Crippen LogP contribution in [0.25, 0.3) is 0 Å². The molecule has 124 valence electrons. The standard InChI is InChI=1S/C15H16BrFN2O4/c16-11-4-3-9(17)8-10(11)14(21)18-6-5-13(20)19-7-1-2-12(19)15(22)23/h3-4,8,12H,1-2,5-7H2,(H,18,21)(H,22,23). The number of aliphatic carboxylic acids is 1. The van der Waals surface area contributed by atoms with Crippen molar-refractivity contribution in [3.63, 3.8) is 0 Å². The lowest BCUT2D eigenvalue weighted by molar-refractivity contribution is -0.148. The summed E-state index contributed by atoms with van der Waals surface area (Å²) in [5, 5.41) is 11.6. The van der Waals surface area contributed by atoms with Crippen molar-refractivity contribution < 1.29 is 23.9 Å². The summed E-state index contributed by atoms with van der Waals surface area (Å²) in [6.07, 6.45) is 1.11. The lowest BCUT2D eigenvalue weighted by Gasteiger charge is -2.21. The van der Waals surface area contributed by atoms with Crippen LogP contribution >= 0.6 is 15.9 Å². The van der Waals surface area contributed by atoms with E-state index >= 15 is 0 Å². The van der Waals surface area contributed by atoms with E-state index in [0.29, 0.717) is 23.9 Å². The first-order valence-corrected chi connectivity index (χ1v) is 7.95. The van der Waals surface area contributed by atoms with Gasteiger partial charge in [-0.25, -0.2) is 9.18 Å². The number of carboxylic acids is 1. The van der Waals surface area contributed by atoms with E-state index in [1.807, 2.05) is 0 Å². The average molecular weight is 387 g/mol. The van der Waals surface area contributed by atoms with Crippen LogP contribution in [0.3, 0.4) is 0 Å². The molecule has 1 heterocycles. The average Bonchev–Trinajstić information content (AvgIpc) is 2.99. The van der Waals surface area contributed by atoms with Crippen molar-refractivity contribution in [1.29, 1.82) is 0 Å². The van der Waals surface area contributed by atoms with Crippen LogP contribution in [0.15, 0.2) is 22.7 Å². The minimum atomic E-state index is -1.01. The second-order valence-corrected chi connectivity index (χ2v) is 6.07. The number of nitrogens with zero attached hydrogens (tertiary/aromatic N) is 1. The van der Waals surface area contributed by atoms with Crippen LogP contribution < -0.4 is 5.32 Å². The summed E-state index contributed by atoms with van der Waals surface area (Å²) in [6.45, 7) is 0.475. The first-order chi connectivity index (χ1) is 10.9. The molecule has 23 heavy (non-hydrogen) atoms. The molecule has 1 aromatic rings. The number of halogens is 2. The topological polar surface area (TPSA) is 86.7 Å². The van der Waals surface area contributed by atoms with Crippen molar-refractivity contribution in [2.45, 2.75) is 25.3 Å². The number of carbonyl (C=O) groups is 3. The number of hydrogen-bond donors (Lipinski definition) is 2. The van der Waals surface area contributed by atoms with Gasteiger partial charge in [0.2, 0.25) is 5.91 Å². The molecule has 1 aromatic carbocycles. The Labute approximate surface area is 140 Å². The third kappa shape index (κ3) is 4.28. The van der Waals surface area contributed by atoms with Crippen molar-refractivity contribution in [1.82, 2.24) is 10.2 Å². The minimum Gasteiger partial charge on any atom is -0.480 e. The van der Waals surface area contributed by atoms with Crippen LogP contribution in [-0.4, -0.2) is 46.9 Å². The molecule has 1 aliphatic heterocycles. The molecular formula is C15H16BrFN2O4. The molecular weight excluding hydrogens is 371 g/mol. The van der Waals surface area contributed by atoms with Crippen LogP contribution in [0.5, 0.6) is 0 Å². The zero-order valence-corrected chi connectivity index (χ0v) is 13.8. The van der Waals surface area contributed by atoms with Gasteiger partial charge in [0.1, 0.15) is 11.9 Å². The maximum Gasteiger partial charge on any atom is 0.326 e. The summed E-state index contributed by atoms with van der Waals surface area (Å²) in [6, 6.07) is 2.97. The van der Waals surface area contributed by atoms with Gasteiger partial charge in [-0.05, 0) is 47.0 Å². The zero-order chi connectivity index (χ0) is 17.0. The molecule has 2 amide bonds. The molecule has 0 bridgehead atoms. The van der Waals surface area contributed by atoms with E-state index in [1.54, 1.807) is 0 Å². The van der Waals surface area contributed by atoms with Gasteiger partial charge in [0.05, 0.1) is 5.56 Å². The number of nitrogens with one attached hydrogen (secondary N) is 1. The van der Waals surface area contributed by atoms with Gasteiger partial charge in [0, 0.05) is 24.0 Å². The number of hydrogen-bond acceptors (Lipinski definition) is 3. The van der Waals surface area contributed by atoms with Gasteiger partial charge in [0.25, 0.3) is 5.91 Å². The summed E-state index contributed by atoms with van der Waals surface area (Å²) in [5.41, 5.74) is 0.141. The van der Waals surface area contributed by atoms with Crippen molar-refractivity contribution in [2.75, 3.05) is 13.1 Å². The number of carboxylic acid groups (broad SMARTS) is 1. The smallest absolute Gasteiger partial charge is 0.326 e. The van der Waals surface area contributed by atoms with Crippen molar-refractivity contribution in [3.05, 3.63) is 34.1 Å². The van der Waals surface area contributed by atoms with Gasteiger partial charge in [-0.15, -0.1) is 0 Å². The first kappa shape index (κ1) is 17.4. The van der Waals surface area contributed by atoms with Crippen LogP contribution in [-0.2, 0) is 9.59 Å². The molecule has 2 rings (SSSR count). The maximum absolute atomic E-state index is 13.2. The van der Waals surface area contributed by atoms with E-state index in [2.05, 4.69) is 21.2 Å². The maximum atomic E-state index is 13.2. The zero-order valence-electron chi connectivity index (χ0n) is 12.2. The Bertz CT molecular complexity index is 638. The molecule has 1 atom stereocenters. The van der Waals surface area contributed by atoms with Crippen molar-refractivity contribution in [2.24, 2.45) is 0 Å². The molecule has 1 unspecified atom stereocenters. The largest absolute Gasteiger partial charge is 0.480 e. The molecule has 8 heteroatoms. The Hall–Kier alpha value is -1.96. The van der Waals surface area contributed by atoms with E-state index in [1.165, 1.54) is 17.0 Å². The Balaban J connectivity index is 1.87. The fraction of sp³-hybridized carbons (Fsp3) is 0.400. The van der Waals surface area contributed by atoms with Gasteiger partial charge in [0.15, 0.2) is 0 Å². The Morgan fingerprint density at radius 2 is 2.13 bits per heavy atom. The van der Waals surface area contributed by atoms with E-state index in [0.717, 1.165) is 6.07 Å². The Kier molecular flexibility index (Phi) is 5.70. The second kappa shape index (κ2) is 7.54. The quantitative estimate of drug-likeness (QED) is 0.807. The second-order valence-electron chi connectivity index (χ2n) is 5.21. The van der Waals surface area contributed by atoms with Crippen molar-refractivity contribution in [3.8, 4) is 0 Å². The van der Waals surface area contributed by atoms with E-state index in [9.17, 15) is 18.8 Å². The fourth-order valence-corrected chi connectivity index (χ4v) is 2.94. The van der Waals surface area contributed by atoms with Gasteiger partial charge in [-0.1, -0.05) is 0 Å². The third-order valence-corrected chi connectivity index (χ3v) is 4.35. The van der Waals surface area contributed by atoms with E-state index in [4.69, 9.17) is 5.11 Å². The third-order valence-electron chi connectivity index (χ3n) is 3.66. The highest BCUT2D eigenvalue weighted by molar-refractivity contribution is 9.10. The predicted molar refractivity (Wildman–Crippen MR) is 83.4 cm³/mol. The molecule has 0 saturated carbocycles. The van der Waals surface area contributed by atoms with Crippen molar-refractivity contribution >= 4 is 33.7 Å². The highest BCUT2D eigenvalue weighted by Gasteiger charge is 2.33. The summed E-state index contributed by atoms with van der Waals surface area (Å²) in [7, 11) is 0. The monoisotopic (exact) mass is 386 g/mol. The van der Waals surface area contributed by atoms with Gasteiger partial charge < -0.3 is 15.3 Å². The molecule has 6 nitrogen and oxygen atoms in total. The number of benzene rings is 1. The first-order valence-electron chi connectivity index (χ1n) is 7.15. The normalized spacial score (nSPS) is 17.1. The van der Waals surface area contributed by atoms with Crippen LogP contribution in [0.2, 0.25) is 0 Å². The van der Waals surface area contributed by atoms with E-state index in [-0.39, 0.29) is 24.4 Å². The highest BCUT2D eigenvalue weighted by Crippen LogP contribution is 2.19. The fourth-order valence-electron chi connectivity index (χ4n) is 2.52. The summed E-state index contributed by atoms with van der Waals surface area (Å²) in [4.78, 5) is 36.4. The Morgan fingerprint density at radius 1 is 1.39 bits per heavy atom. The van der Waals surface area contributed by atoms with E-state index < -0.39 is 23.7 Å². The minimum absolute atomic E-state index is 0.00244. The lowest BCUT2D eigenvalue weighted by atomic mass is 10.2. The lowest BCUT2D eigenvalue weighted by Crippen LogP contribution is -2.41. The molecule has 2 N–H and O–H groups in total. The summed E-state index contributed by atoms with van der Waals surface area (Å²) in [5.74, 6) is -2.35. The molecule has 1 aliphatic rings. The van der Waals surface area contributed by atoms with Crippen LogP contribution in [0.4, 0.5) is 4.39 Å². The summed E-state index contributed by atoms with van der Waals surface area (Å²) < 4.78 is 13.6. The predicted octanol–water partition coefficient (Wildman–Crippen LogP) is 1.78. The number of carbonyl (C=O) groups excluding carboxylic acids is 2.